The molecule has 27 heavy (non-hydrogen) atoms. The fraction of sp³-hybridized carbons (Fsp3) is 0.227. The SMILES string of the molecule is COc1cccc(C(CNC(=O)c2occc2-c2ccccc2)N(C)C)c1. The summed E-state index contributed by atoms with van der Waals surface area (Å²) in [7, 11) is 5.62. The summed E-state index contributed by atoms with van der Waals surface area (Å²) in [4.78, 5) is 14.8. The van der Waals surface area contributed by atoms with Gasteiger partial charge < -0.3 is 19.4 Å². The van der Waals surface area contributed by atoms with Crippen molar-refractivity contribution in [3.8, 4) is 16.9 Å². The van der Waals surface area contributed by atoms with Gasteiger partial charge in [-0.05, 0) is 43.4 Å². The zero-order chi connectivity index (χ0) is 19.2. The topological polar surface area (TPSA) is 54.7 Å². The lowest BCUT2D eigenvalue weighted by molar-refractivity contribution is 0.0915. The van der Waals surface area contributed by atoms with E-state index >= 15 is 0 Å². The molecule has 2 aromatic carbocycles. The number of ether oxygens (including phenoxy) is 1. The lowest BCUT2D eigenvalue weighted by Crippen LogP contribution is -2.34. The number of amides is 1. The van der Waals surface area contributed by atoms with E-state index in [4.69, 9.17) is 9.15 Å². The van der Waals surface area contributed by atoms with Gasteiger partial charge >= 0.3 is 0 Å². The minimum Gasteiger partial charge on any atom is -0.497 e. The molecule has 0 aliphatic heterocycles. The maximum absolute atomic E-state index is 12.7. The molecular formula is C22H24N2O3. The van der Waals surface area contributed by atoms with Crippen LogP contribution in [0.2, 0.25) is 0 Å². The molecule has 5 nitrogen and oxygen atoms in total. The number of hydrogen-bond acceptors (Lipinski definition) is 4. The Balaban J connectivity index is 1.75. The van der Waals surface area contributed by atoms with Crippen LogP contribution in [0.4, 0.5) is 0 Å². The number of furan rings is 1. The molecule has 5 heteroatoms. The molecule has 1 N–H and O–H groups in total. The van der Waals surface area contributed by atoms with Crippen molar-refractivity contribution in [3.63, 3.8) is 0 Å². The Hall–Kier alpha value is -3.05. The van der Waals surface area contributed by atoms with Gasteiger partial charge in [-0.25, -0.2) is 0 Å². The molecule has 140 valence electrons. The first-order chi connectivity index (χ1) is 13.1. The Morgan fingerprint density at radius 1 is 1.11 bits per heavy atom. The fourth-order valence-electron chi connectivity index (χ4n) is 3.05. The van der Waals surface area contributed by atoms with E-state index in [2.05, 4.69) is 10.2 Å². The molecule has 0 saturated carbocycles. The van der Waals surface area contributed by atoms with Crippen molar-refractivity contribution in [2.24, 2.45) is 0 Å². The number of benzene rings is 2. The molecule has 1 amide bonds. The summed E-state index contributed by atoms with van der Waals surface area (Å²) in [5, 5.41) is 3.00. The van der Waals surface area contributed by atoms with Crippen molar-refractivity contribution in [3.05, 3.63) is 78.3 Å². The van der Waals surface area contributed by atoms with Crippen molar-refractivity contribution < 1.29 is 13.9 Å². The number of hydrogen-bond donors (Lipinski definition) is 1. The highest BCUT2D eigenvalue weighted by atomic mass is 16.5. The summed E-state index contributed by atoms with van der Waals surface area (Å²) in [5.41, 5.74) is 2.81. The monoisotopic (exact) mass is 364 g/mol. The number of carbonyl (C=O) groups is 1. The van der Waals surface area contributed by atoms with Gasteiger partial charge in [0.1, 0.15) is 5.75 Å². The average molecular weight is 364 g/mol. The molecule has 1 atom stereocenters. The summed E-state index contributed by atoms with van der Waals surface area (Å²) >= 11 is 0. The first-order valence-corrected chi connectivity index (χ1v) is 8.81. The first-order valence-electron chi connectivity index (χ1n) is 8.81. The number of methoxy groups -OCH3 is 1. The minimum absolute atomic E-state index is 0.0131. The first kappa shape index (κ1) is 18.7. The number of carbonyl (C=O) groups excluding carboxylic acids is 1. The summed E-state index contributed by atoms with van der Waals surface area (Å²) in [5.74, 6) is 0.890. The summed E-state index contributed by atoms with van der Waals surface area (Å²) < 4.78 is 10.8. The maximum Gasteiger partial charge on any atom is 0.287 e. The highest BCUT2D eigenvalue weighted by Gasteiger charge is 2.20. The summed E-state index contributed by atoms with van der Waals surface area (Å²) in [6.45, 7) is 0.452. The molecule has 0 radical (unpaired) electrons. The third kappa shape index (κ3) is 4.38. The van der Waals surface area contributed by atoms with E-state index in [1.807, 2.05) is 74.8 Å². The van der Waals surface area contributed by atoms with E-state index in [1.165, 1.54) is 0 Å². The molecule has 0 fully saturated rings. The maximum atomic E-state index is 12.7. The Morgan fingerprint density at radius 3 is 2.59 bits per heavy atom. The number of nitrogens with zero attached hydrogens (tertiary/aromatic N) is 1. The average Bonchev–Trinajstić information content (AvgIpc) is 3.18. The number of rotatable bonds is 7. The van der Waals surface area contributed by atoms with E-state index in [0.29, 0.717) is 12.3 Å². The number of nitrogens with one attached hydrogen (secondary N) is 1. The van der Waals surface area contributed by atoms with Crippen LogP contribution in [0.5, 0.6) is 5.75 Å². The van der Waals surface area contributed by atoms with Gasteiger partial charge in [0.2, 0.25) is 0 Å². The molecule has 3 rings (SSSR count). The molecule has 0 saturated heterocycles. The van der Waals surface area contributed by atoms with Gasteiger partial charge in [-0.1, -0.05) is 42.5 Å². The Morgan fingerprint density at radius 2 is 1.89 bits per heavy atom. The Kier molecular flexibility index (Phi) is 5.94. The summed E-state index contributed by atoms with van der Waals surface area (Å²) in [6, 6.07) is 19.4. The lowest BCUT2D eigenvalue weighted by Gasteiger charge is -2.25. The molecule has 0 spiro atoms. The van der Waals surface area contributed by atoms with Crippen LogP contribution in [0.25, 0.3) is 11.1 Å². The van der Waals surface area contributed by atoms with Crippen LogP contribution in [-0.2, 0) is 0 Å². The van der Waals surface area contributed by atoms with Gasteiger partial charge in [-0.15, -0.1) is 0 Å². The number of likely N-dealkylation sites (N-methyl/N-ethyl adjacent to an activating group) is 1. The van der Waals surface area contributed by atoms with Crippen molar-refractivity contribution in [1.29, 1.82) is 0 Å². The standard InChI is InChI=1S/C22H24N2O3/c1-24(2)20(17-10-7-11-18(14-17)26-3)15-23-22(25)21-19(12-13-27-21)16-8-5-4-6-9-16/h4-14,20H,15H2,1-3H3,(H,23,25). The van der Waals surface area contributed by atoms with E-state index in [9.17, 15) is 4.79 Å². The van der Waals surface area contributed by atoms with Crippen LogP contribution >= 0.6 is 0 Å². The molecule has 0 aliphatic carbocycles. The largest absolute Gasteiger partial charge is 0.497 e. The highest BCUT2D eigenvalue weighted by Crippen LogP contribution is 2.25. The summed E-state index contributed by atoms with van der Waals surface area (Å²) in [6.07, 6.45) is 1.54. The molecule has 1 heterocycles. The van der Waals surface area contributed by atoms with Gasteiger partial charge in [0.15, 0.2) is 5.76 Å². The predicted octanol–water partition coefficient (Wildman–Crippen LogP) is 3.99. The molecule has 0 bridgehead atoms. The highest BCUT2D eigenvalue weighted by molar-refractivity contribution is 5.98. The second-order valence-corrected chi connectivity index (χ2v) is 6.50. The second-order valence-electron chi connectivity index (χ2n) is 6.50. The normalized spacial score (nSPS) is 12.0. The quantitative estimate of drug-likeness (QED) is 0.689. The molecule has 0 aliphatic rings. The molecule has 3 aromatic rings. The fourth-order valence-corrected chi connectivity index (χ4v) is 3.05. The second kappa shape index (κ2) is 8.56. The van der Waals surface area contributed by atoms with E-state index < -0.39 is 0 Å². The van der Waals surface area contributed by atoms with Crippen molar-refractivity contribution >= 4 is 5.91 Å². The van der Waals surface area contributed by atoms with Gasteiger partial charge in [0.25, 0.3) is 5.91 Å². The van der Waals surface area contributed by atoms with Crippen molar-refractivity contribution in [1.82, 2.24) is 10.2 Å². The molecular weight excluding hydrogens is 340 g/mol. The van der Waals surface area contributed by atoms with Crippen LogP contribution < -0.4 is 10.1 Å². The third-order valence-electron chi connectivity index (χ3n) is 4.51. The zero-order valence-corrected chi connectivity index (χ0v) is 15.8. The van der Waals surface area contributed by atoms with Gasteiger partial charge in [-0.3, -0.25) is 4.79 Å². The Bertz CT molecular complexity index is 887. The molecule has 1 aromatic heterocycles. The van der Waals surface area contributed by atoms with Crippen LogP contribution in [0, 0.1) is 0 Å². The van der Waals surface area contributed by atoms with Crippen LogP contribution in [0.15, 0.2) is 71.3 Å². The molecule has 1 unspecified atom stereocenters. The van der Waals surface area contributed by atoms with Gasteiger partial charge in [0, 0.05) is 12.1 Å². The van der Waals surface area contributed by atoms with Crippen LogP contribution in [-0.4, -0.2) is 38.6 Å². The lowest BCUT2D eigenvalue weighted by atomic mass is 10.0. The van der Waals surface area contributed by atoms with Crippen LogP contribution in [0.1, 0.15) is 22.2 Å². The smallest absolute Gasteiger partial charge is 0.287 e. The van der Waals surface area contributed by atoms with Gasteiger partial charge in [-0.2, -0.15) is 0 Å². The van der Waals surface area contributed by atoms with E-state index in [-0.39, 0.29) is 11.9 Å². The predicted molar refractivity (Wildman–Crippen MR) is 106 cm³/mol. The minimum atomic E-state index is -0.228. The van der Waals surface area contributed by atoms with E-state index in [1.54, 1.807) is 13.4 Å². The van der Waals surface area contributed by atoms with Crippen molar-refractivity contribution in [2.75, 3.05) is 27.7 Å². The van der Waals surface area contributed by atoms with Crippen molar-refractivity contribution in [2.45, 2.75) is 6.04 Å². The van der Waals surface area contributed by atoms with Gasteiger partial charge in [0.05, 0.1) is 19.4 Å². The third-order valence-corrected chi connectivity index (χ3v) is 4.51. The van der Waals surface area contributed by atoms with Crippen LogP contribution in [0.3, 0.4) is 0 Å². The van der Waals surface area contributed by atoms with E-state index in [0.717, 1.165) is 22.4 Å². The Labute approximate surface area is 159 Å². The zero-order valence-electron chi connectivity index (χ0n) is 15.8.